The van der Waals surface area contributed by atoms with Gasteiger partial charge in [-0.25, -0.2) is 4.98 Å². The molecule has 6 heteroatoms. The van der Waals surface area contributed by atoms with Crippen LogP contribution in [-0.2, 0) is 6.54 Å². The Labute approximate surface area is 157 Å². The Bertz CT molecular complexity index is 946. The molecular weight excluding hydrogens is 348 g/mol. The van der Waals surface area contributed by atoms with E-state index in [1.54, 1.807) is 25.1 Å². The van der Waals surface area contributed by atoms with Gasteiger partial charge in [-0.1, -0.05) is 32.3 Å². The van der Waals surface area contributed by atoms with Crippen LogP contribution < -0.4 is 15.0 Å². The number of aromatic nitrogens is 2. The van der Waals surface area contributed by atoms with E-state index in [0.29, 0.717) is 23.4 Å². The van der Waals surface area contributed by atoms with Crippen molar-refractivity contribution < 1.29 is 9.47 Å². The summed E-state index contributed by atoms with van der Waals surface area (Å²) in [6.07, 6.45) is 6.18. The van der Waals surface area contributed by atoms with E-state index in [0.717, 1.165) is 28.8 Å². The Morgan fingerprint density at radius 3 is 2.65 bits per heavy atom. The minimum absolute atomic E-state index is 0.0255. The van der Waals surface area contributed by atoms with E-state index in [-0.39, 0.29) is 5.56 Å². The molecule has 3 aromatic rings. The lowest BCUT2D eigenvalue weighted by Gasteiger charge is -2.09. The van der Waals surface area contributed by atoms with Crippen molar-refractivity contribution in [2.45, 2.75) is 39.2 Å². The number of unbranched alkanes of at least 4 members (excludes halogenated alkanes) is 3. The Hall–Kier alpha value is -2.34. The minimum atomic E-state index is 0.0255. The van der Waals surface area contributed by atoms with E-state index in [2.05, 4.69) is 11.9 Å². The molecular formula is C20H24N2O3S. The number of rotatable bonds is 8. The number of nitrogens with zero attached hydrogens (tertiary/aromatic N) is 2. The van der Waals surface area contributed by atoms with E-state index in [1.807, 2.05) is 23.6 Å². The molecule has 3 rings (SSSR count). The minimum Gasteiger partial charge on any atom is -0.493 e. The van der Waals surface area contributed by atoms with Crippen LogP contribution in [0.3, 0.4) is 0 Å². The van der Waals surface area contributed by atoms with Crippen molar-refractivity contribution in [1.82, 2.24) is 9.55 Å². The first kappa shape index (κ1) is 18.5. The standard InChI is InChI=1S/C20H24N2O3S/c1-4-5-6-7-10-22-13-21-19-18(20(22)23)15(12-26-19)14-8-9-16(24-2)17(11-14)25-3/h8-9,11-13H,4-7,10H2,1-3H3. The fourth-order valence-electron chi connectivity index (χ4n) is 3.05. The SMILES string of the molecule is CCCCCCn1cnc2scc(-c3ccc(OC)c(OC)c3)c2c1=O. The van der Waals surface area contributed by atoms with E-state index < -0.39 is 0 Å². The third-order valence-electron chi connectivity index (χ3n) is 4.51. The molecule has 0 aliphatic carbocycles. The molecule has 138 valence electrons. The lowest BCUT2D eigenvalue weighted by molar-refractivity contribution is 0.355. The molecule has 0 bridgehead atoms. The molecule has 0 unspecified atom stereocenters. The van der Waals surface area contributed by atoms with Gasteiger partial charge in [-0.15, -0.1) is 11.3 Å². The van der Waals surface area contributed by atoms with Crippen LogP contribution in [0.4, 0.5) is 0 Å². The molecule has 2 heterocycles. The van der Waals surface area contributed by atoms with Crippen LogP contribution in [-0.4, -0.2) is 23.8 Å². The van der Waals surface area contributed by atoms with Gasteiger partial charge in [0.2, 0.25) is 0 Å². The van der Waals surface area contributed by atoms with Crippen LogP contribution >= 0.6 is 11.3 Å². The summed E-state index contributed by atoms with van der Waals surface area (Å²) in [6.45, 7) is 2.89. The lowest BCUT2D eigenvalue weighted by Crippen LogP contribution is -2.20. The maximum absolute atomic E-state index is 13.0. The van der Waals surface area contributed by atoms with E-state index in [9.17, 15) is 4.79 Å². The van der Waals surface area contributed by atoms with Gasteiger partial charge in [0, 0.05) is 17.5 Å². The van der Waals surface area contributed by atoms with Gasteiger partial charge in [0.05, 0.1) is 25.9 Å². The molecule has 0 saturated heterocycles. The molecule has 0 fully saturated rings. The van der Waals surface area contributed by atoms with Gasteiger partial charge < -0.3 is 9.47 Å². The fourth-order valence-corrected chi connectivity index (χ4v) is 3.96. The van der Waals surface area contributed by atoms with Crippen LogP contribution in [0.15, 0.2) is 34.7 Å². The largest absolute Gasteiger partial charge is 0.493 e. The first-order valence-corrected chi connectivity index (χ1v) is 9.76. The van der Waals surface area contributed by atoms with E-state index in [1.165, 1.54) is 24.2 Å². The van der Waals surface area contributed by atoms with Gasteiger partial charge in [0.25, 0.3) is 5.56 Å². The van der Waals surface area contributed by atoms with E-state index in [4.69, 9.17) is 9.47 Å². The predicted octanol–water partition coefficient (Wildman–Crippen LogP) is 4.72. The molecule has 0 amide bonds. The summed E-state index contributed by atoms with van der Waals surface area (Å²) in [4.78, 5) is 18.3. The van der Waals surface area contributed by atoms with E-state index >= 15 is 0 Å². The molecule has 2 aromatic heterocycles. The van der Waals surface area contributed by atoms with Crippen molar-refractivity contribution in [3.8, 4) is 22.6 Å². The van der Waals surface area contributed by atoms with Gasteiger partial charge in [-0.05, 0) is 24.1 Å². The molecule has 1 aromatic carbocycles. The second kappa shape index (κ2) is 8.36. The molecule has 26 heavy (non-hydrogen) atoms. The zero-order chi connectivity index (χ0) is 18.5. The number of hydrogen-bond donors (Lipinski definition) is 0. The van der Waals surface area contributed by atoms with Gasteiger partial charge in [-0.2, -0.15) is 0 Å². The van der Waals surface area contributed by atoms with Crippen molar-refractivity contribution in [2.75, 3.05) is 14.2 Å². The van der Waals surface area contributed by atoms with Gasteiger partial charge >= 0.3 is 0 Å². The highest BCUT2D eigenvalue weighted by Gasteiger charge is 2.15. The van der Waals surface area contributed by atoms with Crippen molar-refractivity contribution in [1.29, 1.82) is 0 Å². The van der Waals surface area contributed by atoms with Crippen LogP contribution in [0, 0.1) is 0 Å². The summed E-state index contributed by atoms with van der Waals surface area (Å²) in [7, 11) is 3.22. The van der Waals surface area contributed by atoms with Crippen molar-refractivity contribution in [3.63, 3.8) is 0 Å². The average Bonchev–Trinajstić information content (AvgIpc) is 3.11. The predicted molar refractivity (Wildman–Crippen MR) is 107 cm³/mol. The summed E-state index contributed by atoms with van der Waals surface area (Å²) in [6, 6.07) is 5.70. The zero-order valence-electron chi connectivity index (χ0n) is 15.4. The maximum atomic E-state index is 13.0. The van der Waals surface area contributed by atoms with Gasteiger partial charge in [0.1, 0.15) is 4.83 Å². The highest BCUT2D eigenvalue weighted by molar-refractivity contribution is 7.17. The van der Waals surface area contributed by atoms with Gasteiger partial charge in [0.15, 0.2) is 11.5 Å². The van der Waals surface area contributed by atoms with Crippen LogP contribution in [0.2, 0.25) is 0 Å². The Morgan fingerprint density at radius 2 is 1.92 bits per heavy atom. The van der Waals surface area contributed by atoms with Gasteiger partial charge in [-0.3, -0.25) is 9.36 Å². The van der Waals surface area contributed by atoms with Crippen molar-refractivity contribution in [2.24, 2.45) is 0 Å². The van der Waals surface area contributed by atoms with Crippen molar-refractivity contribution >= 4 is 21.6 Å². The average molecular weight is 372 g/mol. The number of hydrogen-bond acceptors (Lipinski definition) is 5. The Balaban J connectivity index is 2.00. The molecule has 0 aliphatic rings. The monoisotopic (exact) mass is 372 g/mol. The number of aryl methyl sites for hydroxylation is 1. The molecule has 0 N–H and O–H groups in total. The zero-order valence-corrected chi connectivity index (χ0v) is 16.3. The highest BCUT2D eigenvalue weighted by Crippen LogP contribution is 2.36. The van der Waals surface area contributed by atoms with Crippen LogP contribution in [0.5, 0.6) is 11.5 Å². The highest BCUT2D eigenvalue weighted by atomic mass is 32.1. The number of ether oxygens (including phenoxy) is 2. The number of thiophene rings is 1. The summed E-state index contributed by atoms with van der Waals surface area (Å²) in [5.74, 6) is 1.32. The molecule has 0 spiro atoms. The molecule has 0 saturated carbocycles. The summed E-state index contributed by atoms with van der Waals surface area (Å²) in [5.41, 5.74) is 1.85. The normalized spacial score (nSPS) is 11.0. The topological polar surface area (TPSA) is 53.4 Å². The lowest BCUT2D eigenvalue weighted by atomic mass is 10.1. The van der Waals surface area contributed by atoms with Crippen LogP contribution in [0.1, 0.15) is 32.6 Å². The first-order valence-electron chi connectivity index (χ1n) is 8.88. The quantitative estimate of drug-likeness (QED) is 0.537. The third kappa shape index (κ3) is 3.60. The number of methoxy groups -OCH3 is 2. The second-order valence-electron chi connectivity index (χ2n) is 6.20. The van der Waals surface area contributed by atoms with Crippen molar-refractivity contribution in [3.05, 3.63) is 40.3 Å². The molecule has 0 radical (unpaired) electrons. The summed E-state index contributed by atoms with van der Waals surface area (Å²) < 4.78 is 12.4. The molecule has 0 aliphatic heterocycles. The second-order valence-corrected chi connectivity index (χ2v) is 7.06. The van der Waals surface area contributed by atoms with Crippen LogP contribution in [0.25, 0.3) is 21.3 Å². The Kier molecular flexibility index (Phi) is 5.93. The summed E-state index contributed by atoms with van der Waals surface area (Å²) >= 11 is 1.49. The first-order chi connectivity index (χ1) is 12.7. The maximum Gasteiger partial charge on any atom is 0.262 e. The number of benzene rings is 1. The molecule has 0 atom stereocenters. The fraction of sp³-hybridized carbons (Fsp3) is 0.400. The number of fused-ring (bicyclic) bond motifs is 1. The molecule has 5 nitrogen and oxygen atoms in total. The smallest absolute Gasteiger partial charge is 0.262 e. The Morgan fingerprint density at radius 1 is 1.12 bits per heavy atom. The summed E-state index contributed by atoms with van der Waals surface area (Å²) in [5, 5.41) is 2.67. The third-order valence-corrected chi connectivity index (χ3v) is 5.39.